The van der Waals surface area contributed by atoms with Gasteiger partial charge >= 0.3 is 0 Å². The van der Waals surface area contributed by atoms with Crippen LogP contribution in [0.25, 0.3) is 0 Å². The van der Waals surface area contributed by atoms with Crippen LogP contribution in [0.2, 0.25) is 0 Å². The lowest BCUT2D eigenvalue weighted by Crippen LogP contribution is -2.29. The van der Waals surface area contributed by atoms with Crippen molar-refractivity contribution in [1.29, 1.82) is 0 Å². The molecular formula is C9H23N3. The maximum atomic E-state index is 5.45. The lowest BCUT2D eigenvalue weighted by atomic mass is 10.3. The van der Waals surface area contributed by atoms with Crippen molar-refractivity contribution in [2.24, 2.45) is 11.5 Å². The van der Waals surface area contributed by atoms with Crippen LogP contribution in [0.5, 0.6) is 0 Å². The van der Waals surface area contributed by atoms with E-state index in [1.807, 2.05) is 0 Å². The van der Waals surface area contributed by atoms with Crippen molar-refractivity contribution in [1.82, 2.24) is 4.90 Å². The van der Waals surface area contributed by atoms with Gasteiger partial charge in [0.2, 0.25) is 0 Å². The van der Waals surface area contributed by atoms with Gasteiger partial charge in [0, 0.05) is 0 Å². The van der Waals surface area contributed by atoms with Gasteiger partial charge < -0.3 is 16.4 Å². The highest BCUT2D eigenvalue weighted by molar-refractivity contribution is 4.57. The van der Waals surface area contributed by atoms with Crippen molar-refractivity contribution in [3.05, 3.63) is 0 Å². The standard InChI is InChI=1S/C9H23N3/c1-2-7-12(8-3-5-10)9-4-6-11/h2-11H2,1H3. The van der Waals surface area contributed by atoms with Crippen LogP contribution >= 0.6 is 0 Å². The molecule has 0 rings (SSSR count). The molecule has 0 atom stereocenters. The third kappa shape index (κ3) is 6.58. The average molecular weight is 173 g/mol. The zero-order valence-electron chi connectivity index (χ0n) is 8.26. The number of hydrogen-bond donors (Lipinski definition) is 2. The van der Waals surface area contributed by atoms with Crippen LogP contribution in [0.15, 0.2) is 0 Å². The molecule has 0 aromatic rings. The molecule has 0 radical (unpaired) electrons. The van der Waals surface area contributed by atoms with Gasteiger partial charge in [-0.15, -0.1) is 0 Å². The molecule has 0 bridgehead atoms. The van der Waals surface area contributed by atoms with E-state index in [2.05, 4.69) is 11.8 Å². The van der Waals surface area contributed by atoms with Crippen LogP contribution < -0.4 is 11.5 Å². The van der Waals surface area contributed by atoms with Gasteiger partial charge in [-0.3, -0.25) is 0 Å². The molecule has 4 N–H and O–H groups in total. The third-order valence-corrected chi connectivity index (χ3v) is 1.90. The summed E-state index contributed by atoms with van der Waals surface area (Å²) in [5.41, 5.74) is 10.9. The SMILES string of the molecule is CCCN(CCCN)CCCN. The van der Waals surface area contributed by atoms with E-state index in [1.54, 1.807) is 0 Å². The largest absolute Gasteiger partial charge is 0.330 e. The summed E-state index contributed by atoms with van der Waals surface area (Å²) in [5.74, 6) is 0. The molecule has 0 saturated carbocycles. The van der Waals surface area contributed by atoms with Gasteiger partial charge in [0.1, 0.15) is 0 Å². The smallest absolute Gasteiger partial charge is 0.000671 e. The molecule has 0 aliphatic rings. The van der Waals surface area contributed by atoms with Crippen LogP contribution in [-0.2, 0) is 0 Å². The van der Waals surface area contributed by atoms with E-state index >= 15 is 0 Å². The quantitative estimate of drug-likeness (QED) is 0.558. The highest BCUT2D eigenvalue weighted by Crippen LogP contribution is 1.94. The highest BCUT2D eigenvalue weighted by atomic mass is 15.1. The minimum atomic E-state index is 0.794. The molecule has 12 heavy (non-hydrogen) atoms. The van der Waals surface area contributed by atoms with E-state index < -0.39 is 0 Å². The molecule has 0 aliphatic heterocycles. The van der Waals surface area contributed by atoms with Gasteiger partial charge in [-0.05, 0) is 52.0 Å². The first-order valence-electron chi connectivity index (χ1n) is 4.97. The number of rotatable bonds is 8. The Morgan fingerprint density at radius 2 is 1.42 bits per heavy atom. The van der Waals surface area contributed by atoms with E-state index in [9.17, 15) is 0 Å². The maximum absolute atomic E-state index is 5.45. The predicted molar refractivity (Wildman–Crippen MR) is 54.1 cm³/mol. The molecule has 0 heterocycles. The molecule has 0 aliphatic carbocycles. The van der Waals surface area contributed by atoms with Gasteiger partial charge in [-0.1, -0.05) is 6.92 Å². The van der Waals surface area contributed by atoms with Gasteiger partial charge in [-0.25, -0.2) is 0 Å². The second-order valence-electron chi connectivity index (χ2n) is 3.13. The minimum absolute atomic E-state index is 0.794. The van der Waals surface area contributed by atoms with Gasteiger partial charge in [-0.2, -0.15) is 0 Å². The van der Waals surface area contributed by atoms with Crippen molar-refractivity contribution in [3.63, 3.8) is 0 Å². The Bertz CT molecular complexity index is 77.8. The van der Waals surface area contributed by atoms with Gasteiger partial charge in [0.15, 0.2) is 0 Å². The summed E-state index contributed by atoms with van der Waals surface area (Å²) in [4.78, 5) is 2.44. The Kier molecular flexibility index (Phi) is 8.88. The molecule has 0 spiro atoms. The topological polar surface area (TPSA) is 55.3 Å². The Labute approximate surface area is 76.1 Å². The van der Waals surface area contributed by atoms with E-state index in [1.165, 1.54) is 13.0 Å². The Balaban J connectivity index is 3.40. The summed E-state index contributed by atoms with van der Waals surface area (Å²) < 4.78 is 0. The van der Waals surface area contributed by atoms with Crippen molar-refractivity contribution >= 4 is 0 Å². The van der Waals surface area contributed by atoms with E-state index in [-0.39, 0.29) is 0 Å². The van der Waals surface area contributed by atoms with Crippen molar-refractivity contribution in [2.75, 3.05) is 32.7 Å². The second-order valence-corrected chi connectivity index (χ2v) is 3.13. The summed E-state index contributed by atoms with van der Waals surface area (Å²) >= 11 is 0. The average Bonchev–Trinajstić information content (AvgIpc) is 2.10. The molecule has 0 aromatic heterocycles. The van der Waals surface area contributed by atoms with Crippen LogP contribution in [-0.4, -0.2) is 37.6 Å². The van der Waals surface area contributed by atoms with Crippen LogP contribution in [0.4, 0.5) is 0 Å². The van der Waals surface area contributed by atoms with Crippen molar-refractivity contribution < 1.29 is 0 Å². The van der Waals surface area contributed by atoms with Gasteiger partial charge in [0.05, 0.1) is 0 Å². The van der Waals surface area contributed by atoms with E-state index in [0.29, 0.717) is 0 Å². The molecule has 3 heteroatoms. The first-order valence-corrected chi connectivity index (χ1v) is 4.97. The molecule has 0 fully saturated rings. The normalized spacial score (nSPS) is 11.0. The first kappa shape index (κ1) is 11.9. The fourth-order valence-corrected chi connectivity index (χ4v) is 1.28. The zero-order valence-corrected chi connectivity index (χ0v) is 8.26. The molecule has 0 aromatic carbocycles. The number of nitrogens with two attached hydrogens (primary N) is 2. The molecule has 74 valence electrons. The second kappa shape index (κ2) is 8.97. The van der Waals surface area contributed by atoms with Gasteiger partial charge in [0.25, 0.3) is 0 Å². The Hall–Kier alpha value is -0.120. The molecule has 0 amide bonds. The molecular weight excluding hydrogens is 150 g/mol. The van der Waals surface area contributed by atoms with Crippen LogP contribution in [0.1, 0.15) is 26.2 Å². The molecule has 0 saturated heterocycles. The van der Waals surface area contributed by atoms with E-state index in [4.69, 9.17) is 11.5 Å². The van der Waals surface area contributed by atoms with E-state index in [0.717, 1.165) is 39.0 Å². The summed E-state index contributed by atoms with van der Waals surface area (Å²) in [6.45, 7) is 7.23. The number of nitrogens with zero attached hydrogens (tertiary/aromatic N) is 1. The lowest BCUT2D eigenvalue weighted by Gasteiger charge is -2.20. The van der Waals surface area contributed by atoms with Crippen molar-refractivity contribution in [2.45, 2.75) is 26.2 Å². The Morgan fingerprint density at radius 1 is 0.917 bits per heavy atom. The summed E-state index contributed by atoms with van der Waals surface area (Å²) in [6.07, 6.45) is 3.42. The van der Waals surface area contributed by atoms with Crippen LogP contribution in [0, 0.1) is 0 Å². The predicted octanol–water partition coefficient (Wildman–Crippen LogP) is 0.396. The summed E-state index contributed by atoms with van der Waals surface area (Å²) in [7, 11) is 0. The minimum Gasteiger partial charge on any atom is -0.330 e. The zero-order chi connectivity index (χ0) is 9.23. The van der Waals surface area contributed by atoms with Crippen molar-refractivity contribution in [3.8, 4) is 0 Å². The third-order valence-electron chi connectivity index (χ3n) is 1.90. The monoisotopic (exact) mass is 173 g/mol. The van der Waals surface area contributed by atoms with Crippen LogP contribution in [0.3, 0.4) is 0 Å². The summed E-state index contributed by atoms with van der Waals surface area (Å²) in [5, 5.41) is 0. The highest BCUT2D eigenvalue weighted by Gasteiger charge is 2.00. The lowest BCUT2D eigenvalue weighted by molar-refractivity contribution is 0.270. The first-order chi connectivity index (χ1) is 5.85. The fourth-order valence-electron chi connectivity index (χ4n) is 1.28. The summed E-state index contributed by atoms with van der Waals surface area (Å²) in [6, 6.07) is 0. The fraction of sp³-hybridized carbons (Fsp3) is 1.00. The Morgan fingerprint density at radius 3 is 1.75 bits per heavy atom. The molecule has 3 nitrogen and oxygen atoms in total. The number of hydrogen-bond acceptors (Lipinski definition) is 3. The molecule has 0 unspecified atom stereocenters. The maximum Gasteiger partial charge on any atom is -0.000671 e.